The lowest BCUT2D eigenvalue weighted by molar-refractivity contribution is 0.311. The molecule has 2 N–H and O–H groups in total. The molecule has 8 nitrogen and oxygen atoms in total. The van der Waals surface area contributed by atoms with Gasteiger partial charge in [-0.2, -0.15) is 0 Å². The quantitative estimate of drug-likeness (QED) is 0.199. The average Bonchev–Trinajstić information content (AvgIpc) is 2.65. The van der Waals surface area contributed by atoms with Crippen molar-refractivity contribution in [1.29, 1.82) is 0 Å². The van der Waals surface area contributed by atoms with Gasteiger partial charge in [-0.3, -0.25) is 4.99 Å². The molecule has 0 saturated carbocycles. The maximum Gasteiger partial charge on any atom is 0.213 e. The second-order valence-corrected chi connectivity index (χ2v) is 8.12. The Morgan fingerprint density at radius 1 is 1.21 bits per heavy atom. The van der Waals surface area contributed by atoms with Gasteiger partial charge in [0.2, 0.25) is 10.0 Å². The third-order valence-electron chi connectivity index (χ3n) is 3.81. The van der Waals surface area contributed by atoms with Gasteiger partial charge in [-0.05, 0) is 39.3 Å². The monoisotopic (exact) mass is 528 g/mol. The van der Waals surface area contributed by atoms with Crippen molar-refractivity contribution < 1.29 is 17.9 Å². The van der Waals surface area contributed by atoms with Crippen molar-refractivity contribution in [3.8, 4) is 11.5 Å². The van der Waals surface area contributed by atoms with E-state index in [1.807, 2.05) is 32.0 Å². The maximum atomic E-state index is 11.8. The summed E-state index contributed by atoms with van der Waals surface area (Å²) in [6.07, 6.45) is 0.638. The van der Waals surface area contributed by atoms with Gasteiger partial charge in [-0.1, -0.05) is 0 Å². The second-order valence-electron chi connectivity index (χ2n) is 5.76. The molecular formula is C18H33IN4O4S. The molecule has 0 aliphatic carbocycles. The number of benzene rings is 1. The summed E-state index contributed by atoms with van der Waals surface area (Å²) in [5.74, 6) is 2.07. The summed E-state index contributed by atoms with van der Waals surface area (Å²) in [6.45, 7) is 7.75. The number of methoxy groups -OCH3 is 1. The zero-order valence-electron chi connectivity index (χ0n) is 17.3. The summed E-state index contributed by atoms with van der Waals surface area (Å²) in [5.41, 5.74) is 0.824. The zero-order valence-corrected chi connectivity index (χ0v) is 20.5. The number of anilines is 1. The van der Waals surface area contributed by atoms with Gasteiger partial charge in [-0.15, -0.1) is 24.0 Å². The van der Waals surface area contributed by atoms with Crippen molar-refractivity contribution in [3.63, 3.8) is 0 Å². The molecule has 0 aromatic heterocycles. The first kappa shape index (κ1) is 26.7. The first-order chi connectivity index (χ1) is 12.9. The van der Waals surface area contributed by atoms with Crippen molar-refractivity contribution in [2.75, 3.05) is 51.5 Å². The van der Waals surface area contributed by atoms with E-state index in [1.165, 1.54) is 4.31 Å². The Kier molecular flexibility index (Phi) is 13.2. The van der Waals surface area contributed by atoms with Crippen LogP contribution >= 0.6 is 24.0 Å². The Hall–Kier alpha value is -1.27. The SMILES string of the molecule is CCNC(=NCCCN(C)S(=O)(=O)CC)Nc1ccc(OC)c(OCC)c1.I. The predicted molar refractivity (Wildman–Crippen MR) is 126 cm³/mol. The normalized spacial score (nSPS) is 11.7. The van der Waals surface area contributed by atoms with Gasteiger partial charge in [0.15, 0.2) is 17.5 Å². The van der Waals surface area contributed by atoms with Gasteiger partial charge in [0, 0.05) is 38.4 Å². The number of ether oxygens (including phenoxy) is 2. The van der Waals surface area contributed by atoms with Gasteiger partial charge in [0.05, 0.1) is 19.5 Å². The van der Waals surface area contributed by atoms with Crippen molar-refractivity contribution in [3.05, 3.63) is 18.2 Å². The van der Waals surface area contributed by atoms with Crippen LogP contribution in [0.15, 0.2) is 23.2 Å². The zero-order chi connectivity index (χ0) is 20.3. The number of guanidine groups is 1. The predicted octanol–water partition coefficient (Wildman–Crippen LogP) is 2.76. The van der Waals surface area contributed by atoms with Gasteiger partial charge < -0.3 is 20.1 Å². The number of hydrogen-bond acceptors (Lipinski definition) is 5. The molecule has 162 valence electrons. The molecule has 10 heteroatoms. The van der Waals surface area contributed by atoms with E-state index in [-0.39, 0.29) is 29.7 Å². The number of nitrogens with zero attached hydrogens (tertiary/aromatic N) is 2. The van der Waals surface area contributed by atoms with Crippen LogP contribution in [0, 0.1) is 0 Å². The highest BCUT2D eigenvalue weighted by Gasteiger charge is 2.14. The summed E-state index contributed by atoms with van der Waals surface area (Å²) >= 11 is 0. The number of nitrogens with one attached hydrogen (secondary N) is 2. The fourth-order valence-electron chi connectivity index (χ4n) is 2.31. The van der Waals surface area contributed by atoms with Crippen molar-refractivity contribution >= 4 is 45.6 Å². The number of hydrogen-bond donors (Lipinski definition) is 2. The molecule has 0 radical (unpaired) electrons. The minimum atomic E-state index is -3.15. The van der Waals surface area contributed by atoms with Crippen LogP contribution in [0.5, 0.6) is 11.5 Å². The number of aliphatic imine (C=N–C) groups is 1. The molecule has 0 aliphatic rings. The lowest BCUT2D eigenvalue weighted by Gasteiger charge is -2.16. The smallest absolute Gasteiger partial charge is 0.213 e. The Bertz CT molecular complexity index is 714. The minimum Gasteiger partial charge on any atom is -0.493 e. The highest BCUT2D eigenvalue weighted by molar-refractivity contribution is 14.0. The Balaban J connectivity index is 0.00000729. The van der Waals surface area contributed by atoms with Gasteiger partial charge in [-0.25, -0.2) is 12.7 Å². The highest BCUT2D eigenvalue weighted by atomic mass is 127. The third kappa shape index (κ3) is 8.82. The molecule has 0 bridgehead atoms. The summed E-state index contributed by atoms with van der Waals surface area (Å²) in [6, 6.07) is 5.58. The van der Waals surface area contributed by atoms with Crippen LogP contribution in [-0.2, 0) is 10.0 Å². The molecule has 28 heavy (non-hydrogen) atoms. The molecule has 1 aromatic carbocycles. The summed E-state index contributed by atoms with van der Waals surface area (Å²) in [7, 11) is 0.0525. The lowest BCUT2D eigenvalue weighted by Crippen LogP contribution is -2.32. The number of rotatable bonds is 11. The Morgan fingerprint density at radius 3 is 2.50 bits per heavy atom. The molecular weight excluding hydrogens is 495 g/mol. The lowest BCUT2D eigenvalue weighted by atomic mass is 10.2. The van der Waals surface area contributed by atoms with Gasteiger partial charge in [0.1, 0.15) is 0 Å². The third-order valence-corrected chi connectivity index (χ3v) is 5.67. The van der Waals surface area contributed by atoms with E-state index < -0.39 is 10.0 Å². The van der Waals surface area contributed by atoms with E-state index >= 15 is 0 Å². The summed E-state index contributed by atoms with van der Waals surface area (Å²) < 4.78 is 35.8. The van der Waals surface area contributed by atoms with Crippen LogP contribution in [0.1, 0.15) is 27.2 Å². The van der Waals surface area contributed by atoms with E-state index in [9.17, 15) is 8.42 Å². The topological polar surface area (TPSA) is 92.3 Å². The van der Waals surface area contributed by atoms with Crippen LogP contribution in [0.3, 0.4) is 0 Å². The molecule has 0 heterocycles. The van der Waals surface area contributed by atoms with E-state index in [2.05, 4.69) is 15.6 Å². The fraction of sp³-hybridized carbons (Fsp3) is 0.611. The van der Waals surface area contributed by atoms with Crippen LogP contribution in [-0.4, -0.2) is 64.8 Å². The van der Waals surface area contributed by atoms with Crippen LogP contribution in [0.2, 0.25) is 0 Å². The first-order valence-electron chi connectivity index (χ1n) is 9.18. The summed E-state index contributed by atoms with van der Waals surface area (Å²) in [5, 5.41) is 6.41. The van der Waals surface area contributed by atoms with Crippen LogP contribution < -0.4 is 20.1 Å². The maximum absolute atomic E-state index is 11.8. The van der Waals surface area contributed by atoms with Crippen LogP contribution in [0.4, 0.5) is 5.69 Å². The molecule has 0 aliphatic heterocycles. The first-order valence-corrected chi connectivity index (χ1v) is 10.8. The average molecular weight is 528 g/mol. The van der Waals surface area contributed by atoms with Crippen molar-refractivity contribution in [2.24, 2.45) is 4.99 Å². The largest absolute Gasteiger partial charge is 0.493 e. The molecule has 0 saturated heterocycles. The van der Waals surface area contributed by atoms with Gasteiger partial charge >= 0.3 is 0 Å². The standard InChI is InChI=1S/C18H32N4O4S.HI/c1-6-19-18(20-12-9-13-22(4)27(23,24)8-3)21-15-10-11-16(25-5)17(14-15)26-7-2;/h10-11,14H,6-9,12-13H2,1-5H3,(H2,19,20,21);1H. The Labute approximate surface area is 186 Å². The Morgan fingerprint density at radius 2 is 1.93 bits per heavy atom. The van der Waals surface area contributed by atoms with Crippen molar-refractivity contribution in [2.45, 2.75) is 27.2 Å². The van der Waals surface area contributed by atoms with Crippen molar-refractivity contribution in [1.82, 2.24) is 9.62 Å². The molecule has 0 amide bonds. The highest BCUT2D eigenvalue weighted by Crippen LogP contribution is 2.30. The second kappa shape index (κ2) is 13.8. The number of halogens is 1. The molecule has 0 spiro atoms. The molecule has 0 unspecified atom stereocenters. The molecule has 0 atom stereocenters. The molecule has 1 aromatic rings. The molecule has 1 rings (SSSR count). The van der Waals surface area contributed by atoms with E-state index in [4.69, 9.17) is 9.47 Å². The van der Waals surface area contributed by atoms with Crippen LogP contribution in [0.25, 0.3) is 0 Å². The van der Waals surface area contributed by atoms with E-state index in [0.717, 1.165) is 5.69 Å². The number of sulfonamides is 1. The fourth-order valence-corrected chi connectivity index (χ4v) is 3.16. The van der Waals surface area contributed by atoms with E-state index in [1.54, 1.807) is 21.1 Å². The molecule has 0 fully saturated rings. The van der Waals surface area contributed by atoms with Gasteiger partial charge in [0.25, 0.3) is 0 Å². The minimum absolute atomic E-state index is 0. The van der Waals surface area contributed by atoms with E-state index in [0.29, 0.717) is 50.1 Å². The summed E-state index contributed by atoms with van der Waals surface area (Å²) in [4.78, 5) is 4.51.